The molecule has 2 N–H and O–H groups in total. The van der Waals surface area contributed by atoms with Crippen LogP contribution in [0.4, 0.5) is 0 Å². The third-order valence-corrected chi connectivity index (χ3v) is 4.88. The number of piperidine rings is 1. The van der Waals surface area contributed by atoms with Crippen LogP contribution in [-0.2, 0) is 4.79 Å². The number of carbonyl (C=O) groups excluding carboxylic acids is 1. The van der Waals surface area contributed by atoms with E-state index in [2.05, 4.69) is 5.32 Å². The maximum atomic E-state index is 12.0. The molecule has 6 nitrogen and oxygen atoms in total. The molecule has 2 atom stereocenters. The summed E-state index contributed by atoms with van der Waals surface area (Å²) in [6.45, 7) is 6.24. The largest absolute Gasteiger partial charge is 0.486 e. The number of hydrogen-bond acceptors (Lipinski definition) is 5. The number of hydrogen-bond donors (Lipinski definition) is 2. The van der Waals surface area contributed by atoms with Crippen molar-refractivity contribution in [3.63, 3.8) is 0 Å². The number of fused-ring (bicyclic) bond motifs is 1. The molecule has 2 heterocycles. The lowest BCUT2D eigenvalue weighted by Gasteiger charge is -2.35. The minimum absolute atomic E-state index is 0.0534. The summed E-state index contributed by atoms with van der Waals surface area (Å²) in [5, 5.41) is 13.8. The number of para-hydroxylation sites is 2. The number of aliphatic hydroxyl groups is 1. The Morgan fingerprint density at radius 2 is 1.96 bits per heavy atom. The highest BCUT2D eigenvalue weighted by Crippen LogP contribution is 2.31. The summed E-state index contributed by atoms with van der Waals surface area (Å²) in [4.78, 5) is 14.0. The van der Waals surface area contributed by atoms with Crippen molar-refractivity contribution in [3.05, 3.63) is 24.3 Å². The number of nitrogens with one attached hydrogen (secondary N) is 1. The Kier molecular flexibility index (Phi) is 5.81. The van der Waals surface area contributed by atoms with E-state index in [-0.39, 0.29) is 17.9 Å². The molecular weight excluding hydrogens is 320 g/mol. The van der Waals surface area contributed by atoms with Gasteiger partial charge >= 0.3 is 0 Å². The molecule has 0 saturated carbocycles. The van der Waals surface area contributed by atoms with Gasteiger partial charge in [0.05, 0.1) is 0 Å². The van der Waals surface area contributed by atoms with Gasteiger partial charge in [-0.1, -0.05) is 26.0 Å². The lowest BCUT2D eigenvalue weighted by molar-refractivity contribution is -0.135. The lowest BCUT2D eigenvalue weighted by Crippen LogP contribution is -2.50. The highest BCUT2D eigenvalue weighted by atomic mass is 16.6. The molecule has 3 rings (SSSR count). The van der Waals surface area contributed by atoms with Crippen LogP contribution in [0.3, 0.4) is 0 Å². The first-order valence-electron chi connectivity index (χ1n) is 9.13. The third-order valence-electron chi connectivity index (χ3n) is 4.88. The number of nitrogens with zero attached hydrogens (tertiary/aromatic N) is 1. The van der Waals surface area contributed by atoms with Gasteiger partial charge in [-0.15, -0.1) is 0 Å². The molecule has 25 heavy (non-hydrogen) atoms. The average molecular weight is 348 g/mol. The van der Waals surface area contributed by atoms with Gasteiger partial charge in [0, 0.05) is 31.6 Å². The Morgan fingerprint density at radius 3 is 2.64 bits per heavy atom. The highest BCUT2D eigenvalue weighted by molar-refractivity contribution is 5.78. The molecule has 1 amide bonds. The van der Waals surface area contributed by atoms with Gasteiger partial charge < -0.3 is 24.8 Å². The number of carbonyl (C=O) groups is 1. The van der Waals surface area contributed by atoms with Gasteiger partial charge in [-0.3, -0.25) is 4.79 Å². The lowest BCUT2D eigenvalue weighted by atomic mass is 10.0. The number of likely N-dealkylation sites (tertiary alicyclic amines) is 1. The van der Waals surface area contributed by atoms with Gasteiger partial charge in [0.25, 0.3) is 0 Å². The second-order valence-electron chi connectivity index (χ2n) is 7.14. The monoisotopic (exact) mass is 348 g/mol. The SMILES string of the molecule is CC(C)C(=O)N1CCC(NCC(O)C2COc3ccccc3O2)CC1. The molecule has 1 fully saturated rings. The molecule has 1 aromatic carbocycles. The van der Waals surface area contributed by atoms with E-state index >= 15 is 0 Å². The third kappa shape index (κ3) is 4.44. The molecule has 0 aliphatic carbocycles. The van der Waals surface area contributed by atoms with Gasteiger partial charge in [0.2, 0.25) is 5.91 Å². The van der Waals surface area contributed by atoms with Crippen LogP contribution in [0.25, 0.3) is 0 Å². The van der Waals surface area contributed by atoms with Gasteiger partial charge in [-0.25, -0.2) is 0 Å². The molecule has 0 spiro atoms. The summed E-state index contributed by atoms with van der Waals surface area (Å²) in [6.07, 6.45) is 0.820. The highest BCUT2D eigenvalue weighted by Gasteiger charge is 2.29. The summed E-state index contributed by atoms with van der Waals surface area (Å²) in [5.41, 5.74) is 0. The zero-order chi connectivity index (χ0) is 17.8. The molecule has 0 bridgehead atoms. The van der Waals surface area contributed by atoms with Crippen molar-refractivity contribution in [2.24, 2.45) is 5.92 Å². The number of amides is 1. The Balaban J connectivity index is 1.42. The molecule has 1 aromatic rings. The smallest absolute Gasteiger partial charge is 0.225 e. The van der Waals surface area contributed by atoms with E-state index in [0.29, 0.717) is 24.9 Å². The van der Waals surface area contributed by atoms with Crippen LogP contribution in [0, 0.1) is 5.92 Å². The summed E-state index contributed by atoms with van der Waals surface area (Å²) in [5.74, 6) is 1.68. The van der Waals surface area contributed by atoms with E-state index in [4.69, 9.17) is 9.47 Å². The molecule has 1 saturated heterocycles. The molecule has 138 valence electrons. The number of rotatable bonds is 5. The normalized spacial score (nSPS) is 22.1. The van der Waals surface area contributed by atoms with Crippen molar-refractivity contribution < 1.29 is 19.4 Å². The van der Waals surface area contributed by atoms with Crippen molar-refractivity contribution in [3.8, 4) is 11.5 Å². The van der Waals surface area contributed by atoms with E-state index in [1.807, 2.05) is 43.0 Å². The molecule has 6 heteroatoms. The van der Waals surface area contributed by atoms with Crippen LogP contribution in [0.1, 0.15) is 26.7 Å². The Bertz CT molecular complexity index is 585. The Morgan fingerprint density at radius 1 is 1.28 bits per heavy atom. The number of aliphatic hydroxyl groups excluding tert-OH is 1. The van der Waals surface area contributed by atoms with Crippen LogP contribution in [0.15, 0.2) is 24.3 Å². The van der Waals surface area contributed by atoms with E-state index < -0.39 is 6.10 Å². The summed E-state index contributed by atoms with van der Waals surface area (Å²) in [6, 6.07) is 7.83. The first-order chi connectivity index (χ1) is 12.0. The quantitative estimate of drug-likeness (QED) is 0.842. The predicted octanol–water partition coefficient (Wildman–Crippen LogP) is 1.42. The van der Waals surface area contributed by atoms with E-state index in [1.165, 1.54) is 0 Å². The fourth-order valence-corrected chi connectivity index (χ4v) is 3.31. The maximum absolute atomic E-state index is 12.0. The topological polar surface area (TPSA) is 71.0 Å². The van der Waals surface area contributed by atoms with Crippen molar-refractivity contribution in [2.75, 3.05) is 26.2 Å². The van der Waals surface area contributed by atoms with Gasteiger partial charge in [-0.2, -0.15) is 0 Å². The fourth-order valence-electron chi connectivity index (χ4n) is 3.31. The van der Waals surface area contributed by atoms with Gasteiger partial charge in [0.1, 0.15) is 12.7 Å². The van der Waals surface area contributed by atoms with Crippen molar-refractivity contribution in [2.45, 2.75) is 44.9 Å². The van der Waals surface area contributed by atoms with Crippen molar-refractivity contribution >= 4 is 5.91 Å². The zero-order valence-corrected chi connectivity index (χ0v) is 15.0. The first-order valence-corrected chi connectivity index (χ1v) is 9.13. The van der Waals surface area contributed by atoms with Gasteiger partial charge in [0.15, 0.2) is 17.6 Å². The summed E-state index contributed by atoms with van der Waals surface area (Å²) in [7, 11) is 0. The first kappa shape index (κ1) is 18.0. The van der Waals surface area contributed by atoms with Gasteiger partial charge in [-0.05, 0) is 25.0 Å². The number of benzene rings is 1. The average Bonchev–Trinajstić information content (AvgIpc) is 2.65. The summed E-state index contributed by atoms with van der Waals surface area (Å²) >= 11 is 0. The van der Waals surface area contributed by atoms with E-state index in [9.17, 15) is 9.90 Å². The molecule has 2 aliphatic heterocycles. The van der Waals surface area contributed by atoms with E-state index in [1.54, 1.807) is 0 Å². The predicted molar refractivity (Wildman–Crippen MR) is 94.8 cm³/mol. The van der Waals surface area contributed by atoms with Crippen LogP contribution in [-0.4, -0.2) is 60.4 Å². The van der Waals surface area contributed by atoms with E-state index in [0.717, 1.165) is 31.7 Å². The molecular formula is C19H28N2O4. The van der Waals surface area contributed by atoms with Crippen LogP contribution in [0.2, 0.25) is 0 Å². The van der Waals surface area contributed by atoms with Crippen molar-refractivity contribution in [1.82, 2.24) is 10.2 Å². The van der Waals surface area contributed by atoms with Crippen LogP contribution in [0.5, 0.6) is 11.5 Å². The van der Waals surface area contributed by atoms with Crippen LogP contribution < -0.4 is 14.8 Å². The Hall–Kier alpha value is -1.79. The minimum Gasteiger partial charge on any atom is -0.486 e. The molecule has 0 aromatic heterocycles. The number of ether oxygens (including phenoxy) is 2. The second-order valence-corrected chi connectivity index (χ2v) is 7.14. The molecule has 2 unspecified atom stereocenters. The van der Waals surface area contributed by atoms with Crippen molar-refractivity contribution in [1.29, 1.82) is 0 Å². The standard InChI is InChI=1S/C19H28N2O4/c1-13(2)19(23)21-9-7-14(8-10-21)20-11-15(22)18-12-24-16-5-3-4-6-17(16)25-18/h3-6,13-15,18,20,22H,7-12H2,1-2H3. The minimum atomic E-state index is -0.635. The second kappa shape index (κ2) is 8.06. The molecule has 2 aliphatic rings. The maximum Gasteiger partial charge on any atom is 0.225 e. The Labute approximate surface area is 149 Å². The fraction of sp³-hybridized carbons (Fsp3) is 0.632. The van der Waals surface area contributed by atoms with Crippen LogP contribution >= 0.6 is 0 Å². The zero-order valence-electron chi connectivity index (χ0n) is 15.0. The summed E-state index contributed by atoms with van der Waals surface area (Å²) < 4.78 is 11.5. The molecule has 0 radical (unpaired) electrons.